The molecule has 2 amide bonds. The van der Waals surface area contributed by atoms with Crippen LogP contribution in [0.3, 0.4) is 0 Å². The number of likely N-dealkylation sites (N-methyl/N-ethyl adjacent to an activating group) is 1. The predicted molar refractivity (Wildman–Crippen MR) is 147 cm³/mol. The van der Waals surface area contributed by atoms with Crippen molar-refractivity contribution in [3.05, 3.63) is 0 Å². The van der Waals surface area contributed by atoms with Gasteiger partial charge in [-0.3, -0.25) is 9.05 Å². The van der Waals surface area contributed by atoms with E-state index in [1.54, 1.807) is 0 Å². The van der Waals surface area contributed by atoms with Gasteiger partial charge in [-0.1, -0.05) is 90.4 Å². The molecule has 2 atom stereocenters. The molecular weight excluding hydrogens is 481 g/mol. The summed E-state index contributed by atoms with van der Waals surface area (Å²) in [4.78, 5) is 21.6. The number of ether oxygens (including phenoxy) is 1. The average molecular weight is 539 g/mol. The Bertz CT molecular complexity index is 574. The fraction of sp³-hybridized carbons (Fsp3) is 0.962. The number of nitrogens with zero attached hydrogens (tertiary/aromatic N) is 1. The number of carbonyl (C=O) groups excluding carboxylic acids is 1. The number of unbranched alkanes of at least 4 members (excludes halogenated alkanes) is 13. The van der Waals surface area contributed by atoms with Crippen molar-refractivity contribution in [1.29, 1.82) is 0 Å². The standard InChI is InChI=1S/C26H56N3O6P/c1-6-7-8-9-10-11-12-13-14-15-16-17-18-19-21-33-24-25(23-28-26(30)27-2)35-36(31,32)34-22-20-29(3,4)5/h25H,6-24H2,1-5H3,(H2-,27,28,30,31,32)/p+1. The number of amides is 2. The summed E-state index contributed by atoms with van der Waals surface area (Å²) in [5.74, 6) is 0. The quantitative estimate of drug-likeness (QED) is 0.0791. The summed E-state index contributed by atoms with van der Waals surface area (Å²) in [6.45, 7) is 3.61. The summed E-state index contributed by atoms with van der Waals surface area (Å²) in [5, 5.41) is 5.04. The van der Waals surface area contributed by atoms with Crippen LogP contribution in [0.25, 0.3) is 0 Å². The van der Waals surface area contributed by atoms with Gasteiger partial charge in [-0.05, 0) is 6.42 Å². The van der Waals surface area contributed by atoms with E-state index in [0.29, 0.717) is 17.6 Å². The number of urea groups is 1. The van der Waals surface area contributed by atoms with Gasteiger partial charge in [-0.25, -0.2) is 9.36 Å². The van der Waals surface area contributed by atoms with Crippen LogP contribution in [-0.4, -0.2) is 82.6 Å². The molecule has 3 N–H and O–H groups in total. The molecule has 36 heavy (non-hydrogen) atoms. The number of phosphoric acid groups is 1. The van der Waals surface area contributed by atoms with Crippen LogP contribution in [-0.2, 0) is 18.3 Å². The highest BCUT2D eigenvalue weighted by molar-refractivity contribution is 7.47. The summed E-state index contributed by atoms with van der Waals surface area (Å²) in [6, 6.07) is -0.394. The van der Waals surface area contributed by atoms with Gasteiger partial charge in [-0.15, -0.1) is 0 Å². The summed E-state index contributed by atoms with van der Waals surface area (Å²) in [6.07, 6.45) is 17.4. The van der Waals surface area contributed by atoms with Crippen LogP contribution >= 0.6 is 7.82 Å². The number of phosphoric ester groups is 1. The van der Waals surface area contributed by atoms with Crippen molar-refractivity contribution < 1.29 is 32.5 Å². The Balaban J connectivity index is 3.95. The lowest BCUT2D eigenvalue weighted by Crippen LogP contribution is -2.40. The van der Waals surface area contributed by atoms with Crippen molar-refractivity contribution in [1.82, 2.24) is 10.6 Å². The zero-order chi connectivity index (χ0) is 27.1. The Morgan fingerprint density at radius 1 is 0.861 bits per heavy atom. The minimum Gasteiger partial charge on any atom is -0.379 e. The number of carbonyl (C=O) groups is 1. The van der Waals surface area contributed by atoms with Gasteiger partial charge in [0.25, 0.3) is 0 Å². The smallest absolute Gasteiger partial charge is 0.379 e. The molecule has 0 aromatic carbocycles. The maximum Gasteiger partial charge on any atom is 0.472 e. The Hall–Kier alpha value is -0.700. The first-order valence-corrected chi connectivity index (χ1v) is 15.6. The second-order valence-corrected chi connectivity index (χ2v) is 12.1. The molecule has 0 fully saturated rings. The summed E-state index contributed by atoms with van der Waals surface area (Å²) in [5.41, 5.74) is 0. The molecule has 0 aromatic heterocycles. The number of rotatable bonds is 25. The number of hydrogen-bond donors (Lipinski definition) is 3. The van der Waals surface area contributed by atoms with Crippen LogP contribution < -0.4 is 10.6 Å². The maximum atomic E-state index is 12.3. The van der Waals surface area contributed by atoms with Crippen LogP contribution in [0, 0.1) is 0 Å². The van der Waals surface area contributed by atoms with E-state index in [-0.39, 0.29) is 19.8 Å². The third-order valence-electron chi connectivity index (χ3n) is 5.96. The molecule has 0 saturated carbocycles. The third kappa shape index (κ3) is 25.0. The zero-order valence-corrected chi connectivity index (χ0v) is 24.8. The highest BCUT2D eigenvalue weighted by Gasteiger charge is 2.28. The van der Waals surface area contributed by atoms with E-state index in [2.05, 4.69) is 17.6 Å². The Kier molecular flexibility index (Phi) is 21.9. The highest BCUT2D eigenvalue weighted by atomic mass is 31.2. The fourth-order valence-electron chi connectivity index (χ4n) is 3.68. The first kappa shape index (κ1) is 35.3. The monoisotopic (exact) mass is 538 g/mol. The zero-order valence-electron chi connectivity index (χ0n) is 23.9. The van der Waals surface area contributed by atoms with E-state index in [9.17, 15) is 14.3 Å². The van der Waals surface area contributed by atoms with Crippen molar-refractivity contribution in [2.75, 3.05) is 61.1 Å². The Labute approximate surface area is 221 Å². The molecule has 0 radical (unpaired) electrons. The van der Waals surface area contributed by atoms with Gasteiger partial charge in [0.15, 0.2) is 0 Å². The molecule has 0 aliphatic rings. The lowest BCUT2D eigenvalue weighted by Gasteiger charge is -2.25. The molecule has 9 nitrogen and oxygen atoms in total. The third-order valence-corrected chi connectivity index (χ3v) is 7.04. The first-order chi connectivity index (χ1) is 17.1. The highest BCUT2D eigenvalue weighted by Crippen LogP contribution is 2.44. The second kappa shape index (κ2) is 22.3. The molecule has 10 heteroatoms. The average Bonchev–Trinajstić information content (AvgIpc) is 2.80. The molecule has 216 valence electrons. The van der Waals surface area contributed by atoms with E-state index in [1.165, 1.54) is 84.1 Å². The normalized spacial score (nSPS) is 14.4. The van der Waals surface area contributed by atoms with Crippen LogP contribution in [0.15, 0.2) is 0 Å². The SMILES string of the molecule is CCCCCCCCCCCCCCCCOCC(CNC(=O)NC)OP(=O)(O)OCC[N+](C)(C)C. The van der Waals surface area contributed by atoms with Crippen molar-refractivity contribution in [2.45, 2.75) is 103 Å². The second-order valence-electron chi connectivity index (χ2n) is 10.7. The van der Waals surface area contributed by atoms with Gasteiger partial charge in [0.05, 0.1) is 27.7 Å². The molecule has 0 aromatic rings. The van der Waals surface area contributed by atoms with E-state index in [1.807, 2.05) is 21.1 Å². The minimum absolute atomic E-state index is 0.0433. The first-order valence-electron chi connectivity index (χ1n) is 14.1. The molecule has 0 saturated heterocycles. The van der Waals surface area contributed by atoms with E-state index < -0.39 is 20.0 Å². The summed E-state index contributed by atoms with van der Waals surface area (Å²) < 4.78 is 29.0. The van der Waals surface area contributed by atoms with Crippen LogP contribution in [0.4, 0.5) is 4.79 Å². The van der Waals surface area contributed by atoms with Gasteiger partial charge >= 0.3 is 13.9 Å². The van der Waals surface area contributed by atoms with Crippen molar-refractivity contribution in [2.24, 2.45) is 0 Å². The van der Waals surface area contributed by atoms with Gasteiger partial charge in [0, 0.05) is 20.2 Å². The minimum atomic E-state index is -4.26. The topological polar surface area (TPSA) is 106 Å². The van der Waals surface area contributed by atoms with E-state index in [0.717, 1.165) is 12.8 Å². The van der Waals surface area contributed by atoms with Gasteiger partial charge in [-0.2, -0.15) is 0 Å². The van der Waals surface area contributed by atoms with E-state index in [4.69, 9.17) is 13.8 Å². The summed E-state index contributed by atoms with van der Waals surface area (Å²) in [7, 11) is 3.14. The molecule has 0 bridgehead atoms. The molecule has 0 rings (SSSR count). The molecule has 0 spiro atoms. The Morgan fingerprint density at radius 3 is 1.83 bits per heavy atom. The van der Waals surface area contributed by atoms with Crippen LogP contribution in [0.5, 0.6) is 0 Å². The van der Waals surface area contributed by atoms with Gasteiger partial charge < -0.3 is 24.7 Å². The molecule has 0 aliphatic carbocycles. The van der Waals surface area contributed by atoms with Gasteiger partial charge in [0.1, 0.15) is 19.3 Å². The van der Waals surface area contributed by atoms with E-state index >= 15 is 0 Å². The fourth-order valence-corrected chi connectivity index (χ4v) is 4.57. The van der Waals surface area contributed by atoms with Gasteiger partial charge in [0.2, 0.25) is 0 Å². The number of nitrogens with one attached hydrogen (secondary N) is 2. The van der Waals surface area contributed by atoms with Crippen LogP contribution in [0.1, 0.15) is 96.8 Å². The molecular formula is C26H57N3O6P+. The van der Waals surface area contributed by atoms with Crippen molar-refractivity contribution in [3.8, 4) is 0 Å². The van der Waals surface area contributed by atoms with Crippen LogP contribution in [0.2, 0.25) is 0 Å². The van der Waals surface area contributed by atoms with Crippen molar-refractivity contribution >= 4 is 13.9 Å². The number of hydrogen-bond acceptors (Lipinski definition) is 5. The van der Waals surface area contributed by atoms with Crippen molar-refractivity contribution in [3.63, 3.8) is 0 Å². The molecule has 2 unspecified atom stereocenters. The maximum absolute atomic E-state index is 12.3. The number of quaternary nitrogens is 1. The predicted octanol–water partition coefficient (Wildman–Crippen LogP) is 5.62. The Morgan fingerprint density at radius 2 is 1.36 bits per heavy atom. The lowest BCUT2D eigenvalue weighted by atomic mass is 10.0. The lowest BCUT2D eigenvalue weighted by molar-refractivity contribution is -0.870. The molecule has 0 heterocycles. The summed E-state index contributed by atoms with van der Waals surface area (Å²) >= 11 is 0. The molecule has 0 aliphatic heterocycles. The largest absolute Gasteiger partial charge is 0.472 e.